The molecule has 3 aliphatic rings. The van der Waals surface area contributed by atoms with E-state index in [0.717, 1.165) is 43.6 Å². The fourth-order valence-electron chi connectivity index (χ4n) is 6.42. The Labute approximate surface area is 243 Å². The molecule has 9 nitrogen and oxygen atoms in total. The number of benzene rings is 2. The summed E-state index contributed by atoms with van der Waals surface area (Å²) < 4.78 is 22.2. The number of anilines is 1. The fourth-order valence-corrected chi connectivity index (χ4v) is 6.42. The van der Waals surface area contributed by atoms with Crippen molar-refractivity contribution in [2.24, 2.45) is 11.7 Å². The number of hydrogen-bond donors (Lipinski definition) is 1. The van der Waals surface area contributed by atoms with Crippen LogP contribution in [0.4, 0.5) is 14.9 Å². The summed E-state index contributed by atoms with van der Waals surface area (Å²) in [5, 5.41) is 4.76. The number of fused-ring (bicyclic) bond motifs is 2. The van der Waals surface area contributed by atoms with Gasteiger partial charge in [-0.3, -0.25) is 4.79 Å². The highest BCUT2D eigenvalue weighted by Crippen LogP contribution is 2.41. The normalized spacial score (nSPS) is 20.1. The molecule has 216 valence electrons. The van der Waals surface area contributed by atoms with Gasteiger partial charge >= 0.3 is 6.09 Å². The molecule has 4 heterocycles. The number of aromatic nitrogens is 3. The molecule has 2 fully saturated rings. The van der Waals surface area contributed by atoms with Gasteiger partial charge in [0.2, 0.25) is 0 Å². The van der Waals surface area contributed by atoms with Crippen molar-refractivity contribution >= 4 is 23.3 Å². The van der Waals surface area contributed by atoms with E-state index in [1.165, 1.54) is 17.2 Å². The number of primary amides is 1. The number of rotatable bonds is 6. The van der Waals surface area contributed by atoms with Crippen LogP contribution in [0.3, 0.4) is 0 Å². The molecule has 1 saturated carbocycles. The highest BCUT2D eigenvalue weighted by molar-refractivity contribution is 5.93. The lowest BCUT2D eigenvalue weighted by Gasteiger charge is -2.35. The predicted octanol–water partition coefficient (Wildman–Crippen LogP) is 5.09. The first kappa shape index (κ1) is 26.4. The minimum absolute atomic E-state index is 0.0421. The third-order valence-corrected chi connectivity index (χ3v) is 8.87. The molecule has 10 heteroatoms. The van der Waals surface area contributed by atoms with Gasteiger partial charge in [0.15, 0.2) is 5.65 Å². The summed E-state index contributed by atoms with van der Waals surface area (Å²) in [5.41, 5.74) is 11.1. The van der Waals surface area contributed by atoms with Gasteiger partial charge in [0.1, 0.15) is 11.5 Å². The molecule has 1 saturated heterocycles. The molecular formula is C32H33FN6O3. The van der Waals surface area contributed by atoms with Gasteiger partial charge in [-0.15, -0.1) is 0 Å². The minimum Gasteiger partial charge on any atom is -0.449 e. The van der Waals surface area contributed by atoms with Crippen molar-refractivity contribution in [1.82, 2.24) is 19.5 Å². The third kappa shape index (κ3) is 4.84. The molecule has 0 bridgehead atoms. The van der Waals surface area contributed by atoms with Crippen LogP contribution < -0.4 is 10.6 Å². The number of carbonyl (C=O) groups is 2. The summed E-state index contributed by atoms with van der Waals surface area (Å²) in [6.45, 7) is 4.37. The second-order valence-electron chi connectivity index (χ2n) is 11.7. The highest BCUT2D eigenvalue weighted by atomic mass is 19.1. The molecule has 42 heavy (non-hydrogen) atoms. The van der Waals surface area contributed by atoms with Crippen molar-refractivity contribution in [2.45, 2.75) is 44.6 Å². The Morgan fingerprint density at radius 3 is 2.69 bits per heavy atom. The first-order chi connectivity index (χ1) is 20.4. The van der Waals surface area contributed by atoms with Gasteiger partial charge in [-0.2, -0.15) is 5.10 Å². The summed E-state index contributed by atoms with van der Waals surface area (Å²) in [6, 6.07) is 17.0. The molecule has 1 aliphatic carbocycles. The maximum Gasteiger partial charge on any atom is 0.404 e. The smallest absolute Gasteiger partial charge is 0.404 e. The van der Waals surface area contributed by atoms with Crippen LogP contribution in [0, 0.1) is 11.7 Å². The average Bonchev–Trinajstić information content (AvgIpc) is 3.56. The van der Waals surface area contributed by atoms with Crippen molar-refractivity contribution < 1.29 is 18.7 Å². The lowest BCUT2D eigenvalue weighted by atomic mass is 9.93. The zero-order valence-electron chi connectivity index (χ0n) is 23.5. The molecule has 2 amide bonds. The number of hydrogen-bond acceptors (Lipinski definition) is 6. The van der Waals surface area contributed by atoms with Crippen LogP contribution in [-0.2, 0) is 11.2 Å². The number of halogens is 1. The van der Waals surface area contributed by atoms with E-state index in [0.29, 0.717) is 41.6 Å². The molecule has 2 aromatic heterocycles. The number of nitrogens with two attached hydrogens (primary N) is 1. The zero-order chi connectivity index (χ0) is 29.0. The Hall–Kier alpha value is -4.47. The number of amides is 2. The Bertz CT molecular complexity index is 1700. The lowest BCUT2D eigenvalue weighted by Crippen LogP contribution is -2.39. The van der Waals surface area contributed by atoms with E-state index in [4.69, 9.17) is 20.6 Å². The molecule has 0 spiro atoms. The van der Waals surface area contributed by atoms with Crippen LogP contribution in [-0.4, -0.2) is 57.7 Å². The zero-order valence-corrected chi connectivity index (χ0v) is 23.5. The van der Waals surface area contributed by atoms with Gasteiger partial charge in [-0.1, -0.05) is 24.3 Å². The molecule has 2 aromatic carbocycles. The average molecular weight is 569 g/mol. The van der Waals surface area contributed by atoms with Crippen molar-refractivity contribution in [3.63, 3.8) is 0 Å². The maximum absolute atomic E-state index is 15.5. The quantitative estimate of drug-likeness (QED) is 0.347. The second-order valence-corrected chi connectivity index (χ2v) is 11.7. The van der Waals surface area contributed by atoms with Gasteiger partial charge in [-0.25, -0.2) is 18.7 Å². The molecule has 0 unspecified atom stereocenters. The topological polar surface area (TPSA) is 106 Å². The fraction of sp³-hybridized carbons (Fsp3) is 0.375. The van der Waals surface area contributed by atoms with E-state index < -0.39 is 6.09 Å². The highest BCUT2D eigenvalue weighted by Gasteiger charge is 2.33. The van der Waals surface area contributed by atoms with Crippen molar-refractivity contribution in [3.8, 4) is 11.3 Å². The van der Waals surface area contributed by atoms with Gasteiger partial charge in [-0.05, 0) is 68.0 Å². The molecule has 7 rings (SSSR count). The van der Waals surface area contributed by atoms with Crippen LogP contribution in [0.2, 0.25) is 0 Å². The summed E-state index contributed by atoms with van der Waals surface area (Å²) in [4.78, 5) is 33.4. The summed E-state index contributed by atoms with van der Waals surface area (Å²) >= 11 is 0. The Balaban J connectivity index is 1.16. The van der Waals surface area contributed by atoms with Crippen LogP contribution >= 0.6 is 0 Å². The molecule has 4 aromatic rings. The van der Waals surface area contributed by atoms with Crippen molar-refractivity contribution in [2.75, 3.05) is 31.1 Å². The molecular weight excluding hydrogens is 535 g/mol. The van der Waals surface area contributed by atoms with Crippen LogP contribution in [0.15, 0.2) is 54.6 Å². The summed E-state index contributed by atoms with van der Waals surface area (Å²) in [5.74, 6) is -0.00370. The van der Waals surface area contributed by atoms with Crippen molar-refractivity contribution in [3.05, 3.63) is 82.9 Å². The largest absolute Gasteiger partial charge is 0.449 e. The van der Waals surface area contributed by atoms with E-state index in [1.54, 1.807) is 16.6 Å². The third-order valence-electron chi connectivity index (χ3n) is 8.87. The Kier molecular flexibility index (Phi) is 6.56. The molecule has 2 aliphatic heterocycles. The molecule has 2 N–H and O–H groups in total. The van der Waals surface area contributed by atoms with Gasteiger partial charge in [0.25, 0.3) is 5.91 Å². The SMILES string of the molecule is C[C@@H]1c2ccccc2CCN1C(=O)c1cc(C2CC2)n2nc(-c3ccc(N4CC[C@@H](COC(N)=O)C4)cc3F)cc2n1. The second kappa shape index (κ2) is 10.4. The van der Waals surface area contributed by atoms with E-state index in [9.17, 15) is 9.59 Å². The van der Waals surface area contributed by atoms with Crippen LogP contribution in [0.5, 0.6) is 0 Å². The molecule has 0 radical (unpaired) electrons. The van der Waals surface area contributed by atoms with Crippen LogP contribution in [0.1, 0.15) is 65.5 Å². The summed E-state index contributed by atoms with van der Waals surface area (Å²) in [6.07, 6.45) is 2.93. The van der Waals surface area contributed by atoms with Crippen molar-refractivity contribution in [1.29, 1.82) is 0 Å². The van der Waals surface area contributed by atoms with E-state index in [1.807, 2.05) is 29.2 Å². The van der Waals surface area contributed by atoms with E-state index in [-0.39, 0.29) is 30.3 Å². The first-order valence-corrected chi connectivity index (χ1v) is 14.6. The number of carbonyl (C=O) groups excluding carboxylic acids is 2. The van der Waals surface area contributed by atoms with Crippen LogP contribution in [0.25, 0.3) is 16.9 Å². The Morgan fingerprint density at radius 1 is 1.07 bits per heavy atom. The maximum atomic E-state index is 15.5. The first-order valence-electron chi connectivity index (χ1n) is 14.6. The standard InChI is InChI=1S/C32H33FN6O3/c1-19-24-5-3-2-4-21(24)11-13-38(19)31(40)28-15-29(22-6-7-22)39-30(35-28)16-27(36-39)25-9-8-23(14-26(25)33)37-12-10-20(17-37)18-42-32(34)41/h2-5,8-9,14-16,19-20,22H,6-7,10-13,17-18H2,1H3,(H2,34,41)/t19-,20-/m1/s1. The lowest BCUT2D eigenvalue weighted by molar-refractivity contribution is 0.0671. The van der Waals surface area contributed by atoms with Gasteiger partial charge in [0, 0.05) is 54.5 Å². The Morgan fingerprint density at radius 2 is 1.90 bits per heavy atom. The van der Waals surface area contributed by atoms with Gasteiger partial charge < -0.3 is 20.3 Å². The molecule has 2 atom stereocenters. The number of ether oxygens (including phenoxy) is 1. The van der Waals surface area contributed by atoms with Gasteiger partial charge in [0.05, 0.1) is 18.3 Å². The van der Waals surface area contributed by atoms with E-state index in [2.05, 4.69) is 24.0 Å². The van der Waals surface area contributed by atoms with E-state index >= 15 is 4.39 Å². The minimum atomic E-state index is -0.779. The monoisotopic (exact) mass is 568 g/mol. The summed E-state index contributed by atoms with van der Waals surface area (Å²) in [7, 11) is 0. The predicted molar refractivity (Wildman–Crippen MR) is 156 cm³/mol. The number of nitrogens with zero attached hydrogens (tertiary/aromatic N) is 5.